The molecular weight excluding hydrogens is 395 g/mol. The molecule has 4 rings (SSSR count). The molecule has 9 heteroatoms. The third-order valence-corrected chi connectivity index (χ3v) is 7.70. The fraction of sp³-hybridized carbons (Fsp3) is 0.500. The minimum Gasteiger partial charge on any atom is -0.337 e. The predicted octanol–water partition coefficient (Wildman–Crippen LogP) is 2.07. The van der Waals surface area contributed by atoms with Crippen LogP contribution in [0, 0.1) is 18.7 Å². The smallest absolute Gasteiger partial charge is 0.262 e. The largest absolute Gasteiger partial charge is 0.337 e. The topological polar surface area (TPSA) is 75.5 Å². The molecule has 1 amide bonds. The van der Waals surface area contributed by atoms with E-state index in [1.165, 1.54) is 22.6 Å². The lowest BCUT2D eigenvalue weighted by Gasteiger charge is -2.30. The second-order valence-electron chi connectivity index (χ2n) is 7.93. The molecule has 2 saturated heterocycles. The van der Waals surface area contributed by atoms with E-state index < -0.39 is 10.0 Å². The number of hydrogen-bond donors (Lipinski definition) is 0. The molecule has 2 fully saturated rings. The Balaban J connectivity index is 1.60. The van der Waals surface area contributed by atoms with E-state index in [1.807, 2.05) is 0 Å². The quantitative estimate of drug-likeness (QED) is 0.759. The molecule has 156 valence electrons. The summed E-state index contributed by atoms with van der Waals surface area (Å²) in [5.74, 6) is 0.339. The fourth-order valence-corrected chi connectivity index (χ4v) is 5.85. The van der Waals surface area contributed by atoms with Crippen molar-refractivity contribution in [2.75, 3.05) is 13.1 Å². The summed E-state index contributed by atoms with van der Waals surface area (Å²) >= 11 is 0. The van der Waals surface area contributed by atoms with Crippen LogP contribution < -0.4 is 0 Å². The van der Waals surface area contributed by atoms with Crippen molar-refractivity contribution >= 4 is 15.9 Å². The van der Waals surface area contributed by atoms with E-state index in [0.717, 1.165) is 12.8 Å². The maximum Gasteiger partial charge on any atom is 0.262 e. The van der Waals surface area contributed by atoms with E-state index in [-0.39, 0.29) is 41.8 Å². The number of hydrogen-bond acceptors (Lipinski definition) is 4. The highest BCUT2D eigenvalue weighted by Crippen LogP contribution is 2.34. The maximum atomic E-state index is 13.6. The second kappa shape index (κ2) is 7.53. The van der Waals surface area contributed by atoms with E-state index >= 15 is 0 Å². The Bertz CT molecular complexity index is 1020. The highest BCUT2D eigenvalue weighted by Gasteiger charge is 2.45. The number of carbonyl (C=O) groups is 1. The zero-order valence-electron chi connectivity index (χ0n) is 16.6. The van der Waals surface area contributed by atoms with Crippen molar-refractivity contribution in [1.29, 1.82) is 0 Å². The number of amides is 1. The molecule has 0 N–H and O–H groups in total. The van der Waals surface area contributed by atoms with Crippen LogP contribution in [-0.4, -0.2) is 52.2 Å². The number of fused-ring (bicyclic) bond motifs is 1. The van der Waals surface area contributed by atoms with E-state index in [2.05, 4.69) is 4.98 Å². The first kappa shape index (κ1) is 20.0. The van der Waals surface area contributed by atoms with Gasteiger partial charge in [0.1, 0.15) is 11.6 Å². The van der Waals surface area contributed by atoms with Crippen molar-refractivity contribution in [3.05, 3.63) is 47.7 Å². The first-order valence-corrected chi connectivity index (χ1v) is 11.2. The minimum atomic E-state index is -3.73. The Morgan fingerprint density at radius 3 is 2.76 bits per heavy atom. The van der Waals surface area contributed by atoms with Crippen LogP contribution in [0.3, 0.4) is 0 Å². The van der Waals surface area contributed by atoms with Gasteiger partial charge in [0.2, 0.25) is 5.91 Å². The number of sulfonamides is 1. The van der Waals surface area contributed by atoms with Gasteiger partial charge in [0.15, 0.2) is 5.03 Å². The normalized spacial score (nSPS) is 23.3. The van der Waals surface area contributed by atoms with Crippen LogP contribution in [0.2, 0.25) is 0 Å². The second-order valence-corrected chi connectivity index (χ2v) is 9.82. The third-order valence-electron chi connectivity index (χ3n) is 5.99. The summed E-state index contributed by atoms with van der Waals surface area (Å²) in [6, 6.07) is 5.99. The zero-order valence-corrected chi connectivity index (χ0v) is 17.4. The monoisotopic (exact) mass is 420 g/mol. The van der Waals surface area contributed by atoms with Gasteiger partial charge in [-0.05, 0) is 43.4 Å². The third kappa shape index (κ3) is 3.81. The number of aromatic nitrogens is 2. The van der Waals surface area contributed by atoms with E-state index in [1.54, 1.807) is 35.6 Å². The Hall–Kier alpha value is -2.26. The number of likely N-dealkylation sites (tertiary alicyclic amines) is 1. The number of carbonyl (C=O) groups excluding carboxylic acids is 1. The van der Waals surface area contributed by atoms with Crippen LogP contribution in [0.1, 0.15) is 30.7 Å². The number of imidazole rings is 1. The lowest BCUT2D eigenvalue weighted by molar-refractivity contribution is -0.133. The molecule has 0 radical (unpaired) electrons. The summed E-state index contributed by atoms with van der Waals surface area (Å²) in [5, 5.41) is 0.0389. The van der Waals surface area contributed by atoms with Gasteiger partial charge >= 0.3 is 0 Å². The van der Waals surface area contributed by atoms with Crippen LogP contribution >= 0.6 is 0 Å². The summed E-state index contributed by atoms with van der Waals surface area (Å²) in [6.07, 6.45) is 3.49. The van der Waals surface area contributed by atoms with E-state index in [9.17, 15) is 17.6 Å². The van der Waals surface area contributed by atoms with Crippen LogP contribution in [0.15, 0.2) is 35.5 Å². The first-order chi connectivity index (χ1) is 13.8. The Morgan fingerprint density at radius 1 is 1.28 bits per heavy atom. The molecule has 2 aromatic rings. The lowest BCUT2D eigenvalue weighted by Crippen LogP contribution is -2.43. The van der Waals surface area contributed by atoms with Gasteiger partial charge in [-0.15, -0.1) is 0 Å². The molecule has 1 aromatic carbocycles. The number of aryl methyl sites for hydroxylation is 2. The average molecular weight is 421 g/mol. The highest BCUT2D eigenvalue weighted by molar-refractivity contribution is 7.89. The van der Waals surface area contributed by atoms with Gasteiger partial charge in [-0.25, -0.2) is 17.8 Å². The van der Waals surface area contributed by atoms with Crippen molar-refractivity contribution in [1.82, 2.24) is 18.8 Å². The molecule has 7 nitrogen and oxygen atoms in total. The SMILES string of the molecule is Cc1nc(S(=O)(=O)N2C[C@H]3CCCC(=O)N(Cc4cccc(F)c4)[C@H]3C2)cn1C. The fourth-order valence-electron chi connectivity index (χ4n) is 4.31. The van der Waals surface area contributed by atoms with Gasteiger partial charge in [-0.2, -0.15) is 4.31 Å². The van der Waals surface area contributed by atoms with Crippen molar-refractivity contribution < 1.29 is 17.6 Å². The molecule has 2 aliphatic heterocycles. The zero-order chi connectivity index (χ0) is 20.8. The minimum absolute atomic E-state index is 0.00492. The summed E-state index contributed by atoms with van der Waals surface area (Å²) in [7, 11) is -1.97. The van der Waals surface area contributed by atoms with Crippen LogP contribution in [0.25, 0.3) is 0 Å². The van der Waals surface area contributed by atoms with Crippen molar-refractivity contribution in [2.45, 2.75) is 43.8 Å². The summed E-state index contributed by atoms with van der Waals surface area (Å²) in [6.45, 7) is 2.65. The standard InChI is InChI=1S/C20H25FN4O3S/c1-14-22-19(13-23(14)2)29(27,28)24-11-16-6-4-8-20(26)25(18(16)12-24)10-15-5-3-7-17(21)9-15/h3,5,7,9,13,16,18H,4,6,8,10-12H2,1-2H3/t16-,18+/m1/s1. The molecule has 29 heavy (non-hydrogen) atoms. The Kier molecular flexibility index (Phi) is 5.20. The predicted molar refractivity (Wildman–Crippen MR) is 105 cm³/mol. The van der Waals surface area contributed by atoms with Crippen LogP contribution in [0.4, 0.5) is 4.39 Å². The number of benzene rings is 1. The van der Waals surface area contributed by atoms with Crippen LogP contribution in [-0.2, 0) is 28.4 Å². The van der Waals surface area contributed by atoms with Crippen molar-refractivity contribution in [2.24, 2.45) is 13.0 Å². The number of halogens is 1. The summed E-state index contributed by atoms with van der Waals surface area (Å²) in [5.41, 5.74) is 0.709. The van der Waals surface area contributed by atoms with Gasteiger partial charge in [-0.3, -0.25) is 4.79 Å². The van der Waals surface area contributed by atoms with Gasteiger partial charge in [-0.1, -0.05) is 12.1 Å². The Morgan fingerprint density at radius 2 is 2.07 bits per heavy atom. The molecular formula is C20H25FN4O3S. The van der Waals surface area contributed by atoms with Crippen LogP contribution in [0.5, 0.6) is 0 Å². The summed E-state index contributed by atoms with van der Waals surface area (Å²) < 4.78 is 43.0. The molecule has 0 unspecified atom stereocenters. The summed E-state index contributed by atoms with van der Waals surface area (Å²) in [4.78, 5) is 18.7. The molecule has 0 saturated carbocycles. The van der Waals surface area contributed by atoms with Gasteiger partial charge in [0, 0.05) is 45.3 Å². The molecule has 3 heterocycles. The molecule has 1 aromatic heterocycles. The molecule has 0 spiro atoms. The van der Waals surface area contributed by atoms with E-state index in [4.69, 9.17) is 0 Å². The number of rotatable bonds is 4. The lowest BCUT2D eigenvalue weighted by atomic mass is 9.98. The van der Waals surface area contributed by atoms with Crippen molar-refractivity contribution in [3.63, 3.8) is 0 Å². The van der Waals surface area contributed by atoms with Gasteiger partial charge in [0.25, 0.3) is 10.0 Å². The van der Waals surface area contributed by atoms with E-state index in [0.29, 0.717) is 24.4 Å². The maximum absolute atomic E-state index is 13.6. The molecule has 0 aliphatic carbocycles. The van der Waals surface area contributed by atoms with Gasteiger partial charge < -0.3 is 9.47 Å². The van der Waals surface area contributed by atoms with Gasteiger partial charge in [0.05, 0.1) is 0 Å². The molecule has 0 bridgehead atoms. The molecule has 2 atom stereocenters. The number of nitrogens with zero attached hydrogens (tertiary/aromatic N) is 4. The first-order valence-electron chi connectivity index (χ1n) is 9.80. The van der Waals surface area contributed by atoms with Crippen molar-refractivity contribution in [3.8, 4) is 0 Å². The highest BCUT2D eigenvalue weighted by atomic mass is 32.2. The molecule has 2 aliphatic rings. The average Bonchev–Trinajstić information content (AvgIpc) is 3.20. The Labute approximate surface area is 170 Å².